The smallest absolute Gasteiger partial charge is 0.138 e. The first kappa shape index (κ1) is 55.9. The maximum atomic E-state index is 11.5. The Labute approximate surface area is 269 Å². The summed E-state index contributed by atoms with van der Waals surface area (Å²) >= 11 is 0. The van der Waals surface area contributed by atoms with Crippen LogP contribution in [-0.2, 0) is 70.2 Å². The maximum absolute atomic E-state index is 11.5. The molecule has 0 bridgehead atoms. The minimum Gasteiger partial charge on any atom is -0.811 e. The van der Waals surface area contributed by atoms with Gasteiger partial charge in [-0.25, -0.2) is 0 Å². The molecule has 0 saturated carbocycles. The van der Waals surface area contributed by atoms with E-state index >= 15 is 0 Å². The van der Waals surface area contributed by atoms with E-state index in [2.05, 4.69) is 83.1 Å². The number of ketones is 1. The summed E-state index contributed by atoms with van der Waals surface area (Å²) in [5.74, 6) is 3.19. The first-order chi connectivity index (χ1) is 12.7. The number of hydrogen-bond acceptors (Lipinski definition) is 1. The van der Waals surface area contributed by atoms with Crippen LogP contribution in [-0.4, -0.2) is 11.5 Å². The summed E-state index contributed by atoms with van der Waals surface area (Å²) in [7, 11) is 0. The van der Waals surface area contributed by atoms with Crippen LogP contribution in [0.3, 0.4) is 0 Å². The van der Waals surface area contributed by atoms with Crippen LogP contribution in [0.2, 0.25) is 0 Å². The Morgan fingerprint density at radius 1 is 0.588 bits per heavy atom. The molecule has 34 heavy (non-hydrogen) atoms. The predicted octanol–water partition coefficient (Wildman–Crippen LogP) is 11.1. The third kappa shape index (κ3) is 64.1. The Kier molecular flexibility index (Phi) is 40.8. The van der Waals surface area contributed by atoms with Gasteiger partial charge in [-0.05, 0) is 22.7 Å². The molecule has 0 fully saturated rings. The van der Waals surface area contributed by atoms with E-state index in [1.807, 2.05) is 41.5 Å². The zero-order chi connectivity index (χ0) is 25.7. The fraction of sp³-hybridized carbons (Fsp3) is 0.862. The van der Waals surface area contributed by atoms with Crippen molar-refractivity contribution in [2.24, 2.45) is 21.7 Å². The minimum atomic E-state index is -0.173. The molecule has 0 aromatic heterocycles. The van der Waals surface area contributed by atoms with Gasteiger partial charge < -0.3 is 23.4 Å². The van der Waals surface area contributed by atoms with Gasteiger partial charge in [-0.2, -0.15) is 47.3 Å². The monoisotopic (exact) mass is 634 g/mol. The first-order valence-electron chi connectivity index (χ1n) is 11.3. The molecule has 0 aromatic rings. The first-order valence-corrected chi connectivity index (χ1v) is 11.3. The molecule has 5 heteroatoms. The summed E-state index contributed by atoms with van der Waals surface area (Å²) in [6, 6.07) is 0. The second kappa shape index (κ2) is 24.8. The number of nitrogens with two attached hydrogens (primary N) is 1. The van der Waals surface area contributed by atoms with Gasteiger partial charge in [-0.15, -0.1) is 0 Å². The summed E-state index contributed by atoms with van der Waals surface area (Å²) in [6.07, 6.45) is 1.47. The number of nitrogens with zero attached hydrogens (tertiary/aromatic N) is 1. The summed E-state index contributed by atoms with van der Waals surface area (Å²) in [5, 5.41) is 9.64. The average molecular weight is 635 g/mol. The van der Waals surface area contributed by atoms with Gasteiger partial charge in [0.25, 0.3) is 0 Å². The molecule has 0 heterocycles. The molecule has 3 nitrogen and oxygen atoms in total. The normalized spacial score (nSPS) is 10.7. The molecule has 0 aliphatic heterocycles. The van der Waals surface area contributed by atoms with E-state index in [0.717, 1.165) is 6.42 Å². The van der Waals surface area contributed by atoms with Gasteiger partial charge in [-0.1, -0.05) is 90.5 Å². The molecule has 206 valence electrons. The van der Waals surface area contributed by atoms with Crippen molar-refractivity contribution in [1.29, 1.82) is 0 Å². The number of carbonyl (C=O) groups excluding carboxylic acids is 1. The molecule has 2 N–H and O–H groups in total. The average Bonchev–Trinajstić information content (AvgIpc) is 2.31. The molecule has 0 aliphatic rings. The zero-order valence-corrected chi connectivity index (χ0v) is 31.7. The van der Waals surface area contributed by atoms with Crippen molar-refractivity contribution in [1.82, 2.24) is 0 Å². The van der Waals surface area contributed by atoms with E-state index in [-0.39, 0.29) is 101 Å². The van der Waals surface area contributed by atoms with E-state index in [4.69, 9.17) is 0 Å². The van der Waals surface area contributed by atoms with Crippen LogP contribution >= 0.6 is 0 Å². The SMILES string of the molecule is C.CC(C)(C)CC(=O)C(C)(C)C.CC(C)(C)CC(=[N-])C(C)(C)C.C[C-](C)C.C[C-](C)C.[NH2-].[Y].[Y]. The predicted molar refractivity (Wildman–Crippen MR) is 153 cm³/mol. The molecule has 0 spiro atoms. The van der Waals surface area contributed by atoms with Gasteiger partial charge in [-0.3, -0.25) is 4.79 Å². The van der Waals surface area contributed by atoms with Crippen molar-refractivity contribution < 1.29 is 70.2 Å². The maximum Gasteiger partial charge on any atom is 0.138 e. The van der Waals surface area contributed by atoms with Crippen molar-refractivity contribution in [3.63, 3.8) is 0 Å². The fourth-order valence-corrected chi connectivity index (χ4v) is 1.51. The second-order valence-corrected chi connectivity index (χ2v) is 13.8. The number of carbonyl (C=O) groups is 1. The second-order valence-electron chi connectivity index (χ2n) is 13.8. The van der Waals surface area contributed by atoms with Crippen LogP contribution in [0.1, 0.15) is 145 Å². The Balaban J connectivity index is -0.0000000463. The van der Waals surface area contributed by atoms with Crippen molar-refractivity contribution >= 4 is 11.5 Å². The molecule has 2 radical (unpaired) electrons. The van der Waals surface area contributed by atoms with Crippen LogP contribution in [0.15, 0.2) is 0 Å². The van der Waals surface area contributed by atoms with Gasteiger partial charge >= 0.3 is 0 Å². The standard InChI is InChI=1S/C10H20N.C10H20O.2C4H9.CH4.H2N.2Y/c2*1-9(2,3)7-8(11)10(4,5)6;2*1-4(2)3;;;;/h2*7H2,1-6H3;2*1-3H3;1H4;1H2;;/q-1;;2*-1;;-1;;. The van der Waals surface area contributed by atoms with Crippen LogP contribution in [0.5, 0.6) is 0 Å². The van der Waals surface area contributed by atoms with Gasteiger partial charge in [0.2, 0.25) is 0 Å². The Bertz CT molecular complexity index is 409. The summed E-state index contributed by atoms with van der Waals surface area (Å²) in [6.45, 7) is 37.2. The van der Waals surface area contributed by atoms with Crippen molar-refractivity contribution in [3.8, 4) is 0 Å². The van der Waals surface area contributed by atoms with Crippen LogP contribution in [0.4, 0.5) is 0 Å². The van der Waals surface area contributed by atoms with Gasteiger partial charge in [0.05, 0.1) is 0 Å². The molecular formula is C29H64N2OY2-4. The minimum absolute atomic E-state index is 0. The largest absolute Gasteiger partial charge is 0.811 e. The third-order valence-electron chi connectivity index (χ3n) is 3.09. The molecule has 0 aliphatic carbocycles. The molecule has 0 saturated heterocycles. The van der Waals surface area contributed by atoms with E-state index in [9.17, 15) is 10.2 Å². The Morgan fingerprint density at radius 3 is 0.853 bits per heavy atom. The van der Waals surface area contributed by atoms with Gasteiger partial charge in [0.1, 0.15) is 5.78 Å². The van der Waals surface area contributed by atoms with E-state index in [1.165, 1.54) is 11.8 Å². The number of rotatable bonds is 2. The van der Waals surface area contributed by atoms with Crippen molar-refractivity contribution in [2.75, 3.05) is 0 Å². The number of Topliss-reactive ketones (excluding diaryl/α,β-unsaturated/α-hetero) is 1. The molecule has 0 aromatic carbocycles. The molecule has 0 atom stereocenters. The molecule has 0 unspecified atom stereocenters. The van der Waals surface area contributed by atoms with Crippen LogP contribution in [0, 0.1) is 33.5 Å². The summed E-state index contributed by atoms with van der Waals surface area (Å²) in [5.41, 5.74) is 0.687. The van der Waals surface area contributed by atoms with Gasteiger partial charge in [0.15, 0.2) is 0 Å². The van der Waals surface area contributed by atoms with Crippen molar-refractivity contribution in [2.45, 2.75) is 145 Å². The summed E-state index contributed by atoms with van der Waals surface area (Å²) < 4.78 is 0. The zero-order valence-electron chi connectivity index (χ0n) is 26.0. The van der Waals surface area contributed by atoms with E-state index < -0.39 is 0 Å². The van der Waals surface area contributed by atoms with E-state index in [0.29, 0.717) is 17.9 Å². The molecular weight excluding hydrogens is 570 g/mol. The van der Waals surface area contributed by atoms with Gasteiger partial charge in [0, 0.05) is 77.3 Å². The third-order valence-corrected chi connectivity index (χ3v) is 3.09. The van der Waals surface area contributed by atoms with Crippen molar-refractivity contribution in [3.05, 3.63) is 23.4 Å². The summed E-state index contributed by atoms with van der Waals surface area (Å²) in [4.78, 5) is 11.5. The fourth-order valence-electron chi connectivity index (χ4n) is 1.51. The molecule has 0 rings (SSSR count). The quantitative estimate of drug-likeness (QED) is 0.220. The van der Waals surface area contributed by atoms with E-state index in [1.54, 1.807) is 0 Å². The number of hydrogen-bond donors (Lipinski definition) is 0. The topological polar surface area (TPSA) is 72.9 Å². The molecule has 0 amide bonds. The Morgan fingerprint density at radius 2 is 0.794 bits per heavy atom. The Hall–Kier alpha value is 1.51. The van der Waals surface area contributed by atoms with Crippen LogP contribution in [0.25, 0.3) is 11.6 Å². The van der Waals surface area contributed by atoms with Crippen LogP contribution < -0.4 is 0 Å².